The Labute approximate surface area is 187 Å². The molecule has 1 aromatic carbocycles. The molecule has 0 unspecified atom stereocenters. The van der Waals surface area contributed by atoms with Gasteiger partial charge in [0, 0.05) is 41.4 Å². The fourth-order valence-corrected chi connectivity index (χ4v) is 2.96. The summed E-state index contributed by atoms with van der Waals surface area (Å²) in [7, 11) is 2.14. The molecule has 2 N–H and O–H groups in total. The monoisotopic (exact) mass is 428 g/mol. The summed E-state index contributed by atoms with van der Waals surface area (Å²) in [5.41, 5.74) is 5.91. The third-order valence-corrected chi connectivity index (χ3v) is 4.30. The quantitative estimate of drug-likeness (QED) is 0.413. The Morgan fingerprint density at radius 3 is 2.47 bits per heavy atom. The van der Waals surface area contributed by atoms with E-state index in [-0.39, 0.29) is 0 Å². The summed E-state index contributed by atoms with van der Waals surface area (Å²) in [5, 5.41) is 14.5. The van der Waals surface area contributed by atoms with Gasteiger partial charge >= 0.3 is 0 Å². The van der Waals surface area contributed by atoms with Gasteiger partial charge < -0.3 is 10.3 Å². The van der Waals surface area contributed by atoms with Crippen molar-refractivity contribution >= 4 is 23.4 Å². The molecule has 1 aliphatic heterocycles. The maximum absolute atomic E-state index is 6.08. The Morgan fingerprint density at radius 2 is 1.97 bits per heavy atom. The molecular weight excluding hydrogens is 392 g/mol. The van der Waals surface area contributed by atoms with E-state index in [0.29, 0.717) is 0 Å². The molecule has 0 saturated heterocycles. The van der Waals surface area contributed by atoms with Crippen molar-refractivity contribution in [1.82, 2.24) is 15.1 Å². The van der Waals surface area contributed by atoms with Crippen LogP contribution in [0.3, 0.4) is 0 Å². The number of aromatic amines is 1. The molecule has 0 saturated carbocycles. The van der Waals surface area contributed by atoms with Crippen molar-refractivity contribution in [1.29, 1.82) is 5.41 Å². The predicted molar refractivity (Wildman–Crippen MR) is 134 cm³/mol. The normalized spacial score (nSPS) is 13.0. The average Bonchev–Trinajstić information content (AvgIpc) is 3.14. The van der Waals surface area contributed by atoms with E-state index in [1.807, 2.05) is 70.2 Å². The molecular formula is C25H37ClN4. The minimum absolute atomic E-state index is 0.810. The number of nitrogens with zero attached hydrogens (tertiary/aromatic N) is 2. The number of halogens is 1. The third-order valence-electron chi connectivity index (χ3n) is 4.07. The Kier molecular flexibility index (Phi) is 15.0. The Balaban J connectivity index is 0.000000539. The first-order chi connectivity index (χ1) is 14.5. The van der Waals surface area contributed by atoms with Crippen LogP contribution in [0.25, 0.3) is 5.57 Å². The fraction of sp³-hybridized carbons (Fsp3) is 0.360. The van der Waals surface area contributed by atoms with Crippen molar-refractivity contribution in [3.8, 4) is 0 Å². The number of fused-ring (bicyclic) bond motifs is 1. The van der Waals surface area contributed by atoms with Gasteiger partial charge in [0.05, 0.1) is 5.69 Å². The van der Waals surface area contributed by atoms with Crippen molar-refractivity contribution in [2.24, 2.45) is 0 Å². The Bertz CT molecular complexity index is 801. The minimum Gasteiger partial charge on any atom is -0.313 e. The summed E-state index contributed by atoms with van der Waals surface area (Å²) < 4.78 is 0. The van der Waals surface area contributed by atoms with Gasteiger partial charge in [-0.15, -0.1) is 0 Å². The van der Waals surface area contributed by atoms with Crippen molar-refractivity contribution in [3.05, 3.63) is 82.7 Å². The number of aromatic nitrogens is 2. The van der Waals surface area contributed by atoms with E-state index in [1.54, 1.807) is 6.92 Å². The molecule has 0 radical (unpaired) electrons. The number of aryl methyl sites for hydroxylation is 1. The SMILES string of the molecule is C=C/C(=C\C=C/C)c1n[nH]c2c1CN(C)CC2.CC.CC=N.Cc1cccc(Cl)c1. The summed E-state index contributed by atoms with van der Waals surface area (Å²) in [6.07, 6.45) is 10.2. The number of allylic oxidation sites excluding steroid dienone is 5. The molecule has 0 aliphatic carbocycles. The smallest absolute Gasteiger partial charge is 0.0968 e. The Morgan fingerprint density at radius 1 is 1.30 bits per heavy atom. The highest BCUT2D eigenvalue weighted by Crippen LogP contribution is 2.25. The van der Waals surface area contributed by atoms with Crippen LogP contribution in [0.2, 0.25) is 5.02 Å². The number of benzene rings is 1. The van der Waals surface area contributed by atoms with Crippen LogP contribution in [0.1, 0.15) is 50.2 Å². The zero-order chi connectivity index (χ0) is 22.9. The summed E-state index contributed by atoms with van der Waals surface area (Å²) in [5.74, 6) is 0. The van der Waals surface area contributed by atoms with E-state index in [1.165, 1.54) is 23.0 Å². The Hall–Kier alpha value is -2.43. The average molecular weight is 429 g/mol. The lowest BCUT2D eigenvalue weighted by atomic mass is 10.0. The summed E-state index contributed by atoms with van der Waals surface area (Å²) in [4.78, 5) is 2.32. The van der Waals surface area contributed by atoms with Crippen molar-refractivity contribution in [3.63, 3.8) is 0 Å². The van der Waals surface area contributed by atoms with Gasteiger partial charge in [-0.1, -0.05) is 68.5 Å². The molecule has 4 nitrogen and oxygen atoms in total. The van der Waals surface area contributed by atoms with E-state index < -0.39 is 0 Å². The highest BCUT2D eigenvalue weighted by molar-refractivity contribution is 6.30. The predicted octanol–water partition coefficient (Wildman–Crippen LogP) is 6.87. The summed E-state index contributed by atoms with van der Waals surface area (Å²) in [6, 6.07) is 7.76. The van der Waals surface area contributed by atoms with Crippen LogP contribution in [0.15, 0.2) is 55.1 Å². The molecule has 0 fully saturated rings. The zero-order valence-electron chi connectivity index (χ0n) is 19.3. The molecule has 2 heterocycles. The molecule has 0 atom stereocenters. The first kappa shape index (κ1) is 27.6. The molecule has 1 aliphatic rings. The maximum Gasteiger partial charge on any atom is 0.0968 e. The standard InChI is InChI=1S/C14H19N3.C7H7Cl.C2H5N.C2H6/c1-4-6-7-11(5-2)14-12-10-17(3)9-8-13(12)15-16-14;1-6-3-2-4-7(8)5-6;1-2-3;1-2/h4-7H,2,8-10H2,1,3H3,(H,15,16);2-5H,1H3;2-3H,1H3;1-2H3/b6-4-,11-7+;;;. The summed E-state index contributed by atoms with van der Waals surface area (Å²) in [6.45, 7) is 15.6. The fourth-order valence-electron chi connectivity index (χ4n) is 2.72. The molecule has 5 heteroatoms. The van der Waals surface area contributed by atoms with Gasteiger partial charge in [0.15, 0.2) is 0 Å². The third kappa shape index (κ3) is 9.86. The molecule has 0 amide bonds. The van der Waals surface area contributed by atoms with Gasteiger partial charge in [0.25, 0.3) is 0 Å². The molecule has 2 aromatic rings. The first-order valence-electron chi connectivity index (χ1n) is 10.3. The van der Waals surface area contributed by atoms with Gasteiger partial charge in [-0.2, -0.15) is 5.10 Å². The number of hydrogen-bond donors (Lipinski definition) is 2. The van der Waals surface area contributed by atoms with E-state index in [0.717, 1.165) is 35.8 Å². The zero-order valence-corrected chi connectivity index (χ0v) is 20.1. The van der Waals surface area contributed by atoms with Crippen LogP contribution in [0.5, 0.6) is 0 Å². The number of hydrogen-bond acceptors (Lipinski definition) is 3. The van der Waals surface area contributed by atoms with Crippen LogP contribution < -0.4 is 0 Å². The summed E-state index contributed by atoms with van der Waals surface area (Å²) >= 11 is 5.64. The van der Waals surface area contributed by atoms with E-state index in [2.05, 4.69) is 34.8 Å². The number of H-pyrrole nitrogens is 1. The van der Waals surface area contributed by atoms with Gasteiger partial charge in [0.2, 0.25) is 0 Å². The second kappa shape index (κ2) is 16.4. The van der Waals surface area contributed by atoms with Gasteiger partial charge in [0.1, 0.15) is 0 Å². The number of rotatable bonds is 3. The first-order valence-corrected chi connectivity index (χ1v) is 10.7. The molecule has 3 rings (SSSR count). The molecule has 164 valence electrons. The molecule has 0 spiro atoms. The number of likely N-dealkylation sites (N-methyl/N-ethyl adjacent to an activating group) is 1. The lowest BCUT2D eigenvalue weighted by molar-refractivity contribution is 0.311. The highest BCUT2D eigenvalue weighted by atomic mass is 35.5. The maximum atomic E-state index is 6.08. The van der Waals surface area contributed by atoms with Gasteiger partial charge in [-0.05, 0) is 51.7 Å². The lowest BCUT2D eigenvalue weighted by Crippen LogP contribution is -2.26. The van der Waals surface area contributed by atoms with Crippen LogP contribution in [-0.2, 0) is 13.0 Å². The van der Waals surface area contributed by atoms with E-state index in [4.69, 9.17) is 17.0 Å². The molecule has 30 heavy (non-hydrogen) atoms. The second-order valence-electron chi connectivity index (χ2n) is 6.46. The topological polar surface area (TPSA) is 55.8 Å². The van der Waals surface area contributed by atoms with Crippen LogP contribution in [0.4, 0.5) is 0 Å². The highest BCUT2D eigenvalue weighted by Gasteiger charge is 2.20. The van der Waals surface area contributed by atoms with Crippen LogP contribution in [-0.4, -0.2) is 34.9 Å². The second-order valence-corrected chi connectivity index (χ2v) is 6.89. The largest absolute Gasteiger partial charge is 0.313 e. The molecule has 0 bridgehead atoms. The van der Waals surface area contributed by atoms with Crippen molar-refractivity contribution in [2.45, 2.75) is 47.6 Å². The van der Waals surface area contributed by atoms with Crippen molar-refractivity contribution in [2.75, 3.05) is 13.6 Å². The van der Waals surface area contributed by atoms with Gasteiger partial charge in [-0.25, -0.2) is 0 Å². The van der Waals surface area contributed by atoms with Gasteiger partial charge in [-0.3, -0.25) is 5.10 Å². The van der Waals surface area contributed by atoms with Crippen LogP contribution in [0, 0.1) is 12.3 Å². The van der Waals surface area contributed by atoms with E-state index >= 15 is 0 Å². The molecule has 1 aromatic heterocycles. The van der Waals surface area contributed by atoms with E-state index in [9.17, 15) is 0 Å². The van der Waals surface area contributed by atoms with Crippen molar-refractivity contribution < 1.29 is 0 Å². The minimum atomic E-state index is 0.810. The number of nitrogens with one attached hydrogen (secondary N) is 2. The lowest BCUT2D eigenvalue weighted by Gasteiger charge is -2.22. The van der Waals surface area contributed by atoms with Crippen LogP contribution >= 0.6 is 11.6 Å².